The zero-order valence-corrected chi connectivity index (χ0v) is 10.8. The lowest BCUT2D eigenvalue weighted by molar-refractivity contribution is -0.143. The maximum absolute atomic E-state index is 12.7. The van der Waals surface area contributed by atoms with Gasteiger partial charge in [0.1, 0.15) is 6.04 Å². The molecule has 0 saturated carbocycles. The van der Waals surface area contributed by atoms with Gasteiger partial charge in [0.15, 0.2) is 5.69 Å². The van der Waals surface area contributed by atoms with Gasteiger partial charge < -0.3 is 10.6 Å². The van der Waals surface area contributed by atoms with Crippen molar-refractivity contribution in [3.63, 3.8) is 0 Å². The highest BCUT2D eigenvalue weighted by Crippen LogP contribution is 2.34. The molecular weight excluding hydrogens is 261 g/mol. The first-order valence-corrected chi connectivity index (χ1v) is 5.71. The van der Waals surface area contributed by atoms with Crippen LogP contribution in [-0.2, 0) is 17.5 Å². The predicted molar refractivity (Wildman–Crippen MR) is 61.0 cm³/mol. The van der Waals surface area contributed by atoms with Gasteiger partial charge in [0.25, 0.3) is 0 Å². The molecule has 1 amide bonds. The number of hydrogen-bond acceptors (Lipinski definition) is 3. The number of halogens is 3. The van der Waals surface area contributed by atoms with E-state index in [-0.39, 0.29) is 12.5 Å². The van der Waals surface area contributed by atoms with Crippen molar-refractivity contribution >= 4 is 5.91 Å². The van der Waals surface area contributed by atoms with Gasteiger partial charge >= 0.3 is 6.18 Å². The summed E-state index contributed by atoms with van der Waals surface area (Å²) in [4.78, 5) is 13.5. The summed E-state index contributed by atoms with van der Waals surface area (Å²) in [5, 5.41) is 3.52. The summed E-state index contributed by atoms with van der Waals surface area (Å²) in [7, 11) is 1.53. The Balaban J connectivity index is 2.56. The van der Waals surface area contributed by atoms with Crippen LogP contribution in [0.3, 0.4) is 0 Å². The monoisotopic (exact) mass is 276 g/mol. The number of rotatable bonds is 1. The molecule has 0 saturated heterocycles. The number of carbonyl (C=O) groups excluding carboxylic acids is 1. The van der Waals surface area contributed by atoms with Gasteiger partial charge in [-0.3, -0.25) is 9.48 Å². The van der Waals surface area contributed by atoms with Gasteiger partial charge in [-0.1, -0.05) is 0 Å². The lowest BCUT2D eigenvalue weighted by Crippen LogP contribution is -2.53. The molecule has 5 nitrogen and oxygen atoms in total. The highest BCUT2D eigenvalue weighted by atomic mass is 19.4. The molecule has 1 aromatic rings. The van der Waals surface area contributed by atoms with Crippen molar-refractivity contribution in [1.82, 2.24) is 14.7 Å². The van der Waals surface area contributed by atoms with E-state index in [0.717, 1.165) is 10.7 Å². The number of nitrogens with zero attached hydrogens (tertiary/aromatic N) is 3. The van der Waals surface area contributed by atoms with Crippen molar-refractivity contribution in [3.05, 3.63) is 17.5 Å². The van der Waals surface area contributed by atoms with Crippen molar-refractivity contribution in [1.29, 1.82) is 0 Å². The lowest BCUT2D eigenvalue weighted by atomic mass is 9.93. The first kappa shape index (κ1) is 13.9. The quantitative estimate of drug-likeness (QED) is 0.837. The van der Waals surface area contributed by atoms with Crippen LogP contribution in [0.2, 0.25) is 0 Å². The zero-order chi connectivity index (χ0) is 14.6. The summed E-state index contributed by atoms with van der Waals surface area (Å²) >= 11 is 0. The van der Waals surface area contributed by atoms with Crippen LogP contribution in [0.1, 0.15) is 31.3 Å². The van der Waals surface area contributed by atoms with Gasteiger partial charge in [0.2, 0.25) is 5.91 Å². The van der Waals surface area contributed by atoms with Crippen LogP contribution in [0.15, 0.2) is 6.07 Å². The molecule has 19 heavy (non-hydrogen) atoms. The Morgan fingerprint density at radius 3 is 2.47 bits per heavy atom. The normalized spacial score (nSPS) is 20.7. The minimum atomic E-state index is -4.53. The number of aromatic nitrogens is 2. The molecule has 2 N–H and O–H groups in total. The van der Waals surface area contributed by atoms with E-state index in [1.165, 1.54) is 11.9 Å². The average molecular weight is 276 g/mol. The van der Waals surface area contributed by atoms with Crippen LogP contribution >= 0.6 is 0 Å². The fourth-order valence-corrected chi connectivity index (χ4v) is 2.18. The second-order valence-corrected chi connectivity index (χ2v) is 5.38. The number of alkyl halides is 3. The molecule has 1 aromatic heterocycles. The SMILES string of the molecule is CN1Cc2cc(C(F)(F)F)nn2C(C(C)(C)N)C1=O. The molecule has 2 heterocycles. The smallest absolute Gasteiger partial charge is 0.338 e. The number of carbonyl (C=O) groups is 1. The zero-order valence-electron chi connectivity index (χ0n) is 10.8. The fraction of sp³-hybridized carbons (Fsp3) is 0.636. The Morgan fingerprint density at radius 2 is 2.00 bits per heavy atom. The first-order chi connectivity index (χ1) is 8.51. The molecule has 1 atom stereocenters. The van der Waals surface area contributed by atoms with E-state index in [1.807, 2.05) is 0 Å². The summed E-state index contributed by atoms with van der Waals surface area (Å²) in [5.41, 5.74) is 4.23. The van der Waals surface area contributed by atoms with E-state index in [9.17, 15) is 18.0 Å². The number of nitrogens with two attached hydrogens (primary N) is 1. The second-order valence-electron chi connectivity index (χ2n) is 5.38. The Bertz CT molecular complexity index is 515. The van der Waals surface area contributed by atoms with E-state index < -0.39 is 23.5 Å². The van der Waals surface area contributed by atoms with Crippen molar-refractivity contribution in [3.8, 4) is 0 Å². The third-order valence-electron chi connectivity index (χ3n) is 3.06. The van der Waals surface area contributed by atoms with Gasteiger partial charge in [0.05, 0.1) is 12.2 Å². The maximum atomic E-state index is 12.7. The topological polar surface area (TPSA) is 64.2 Å². The van der Waals surface area contributed by atoms with Crippen molar-refractivity contribution < 1.29 is 18.0 Å². The van der Waals surface area contributed by atoms with Gasteiger partial charge in [-0.05, 0) is 19.9 Å². The molecule has 106 valence electrons. The molecule has 0 fully saturated rings. The number of fused-ring (bicyclic) bond motifs is 1. The van der Waals surface area contributed by atoms with Crippen LogP contribution in [-0.4, -0.2) is 33.2 Å². The summed E-state index contributed by atoms with van der Waals surface area (Å²) in [6.07, 6.45) is -4.53. The largest absolute Gasteiger partial charge is 0.435 e. The van der Waals surface area contributed by atoms with Gasteiger partial charge in [-0.2, -0.15) is 18.3 Å². The molecule has 8 heteroatoms. The minimum Gasteiger partial charge on any atom is -0.338 e. The molecule has 0 aliphatic carbocycles. The van der Waals surface area contributed by atoms with Crippen molar-refractivity contribution in [2.24, 2.45) is 5.73 Å². The summed E-state index contributed by atoms with van der Waals surface area (Å²) in [6, 6.07) is 0.0270. The number of amides is 1. The first-order valence-electron chi connectivity index (χ1n) is 5.71. The lowest BCUT2D eigenvalue weighted by Gasteiger charge is -2.37. The maximum Gasteiger partial charge on any atom is 0.435 e. The Morgan fingerprint density at radius 1 is 1.42 bits per heavy atom. The second kappa shape index (κ2) is 3.96. The summed E-state index contributed by atoms with van der Waals surface area (Å²) < 4.78 is 39.2. The number of likely N-dealkylation sites (N-methyl/N-ethyl adjacent to an activating group) is 1. The minimum absolute atomic E-state index is 0.0918. The van der Waals surface area contributed by atoms with Crippen molar-refractivity contribution in [2.45, 2.75) is 38.1 Å². The third-order valence-corrected chi connectivity index (χ3v) is 3.06. The highest BCUT2D eigenvalue weighted by molar-refractivity contribution is 5.82. The standard InChI is InChI=1S/C11H15F3N4O/c1-10(2,15)8-9(19)17(3)5-6-4-7(11(12,13)14)16-18(6)8/h4,8H,5,15H2,1-3H3. The molecular formula is C11H15F3N4O. The van der Waals surface area contributed by atoms with Crippen molar-refractivity contribution in [2.75, 3.05) is 7.05 Å². The molecule has 1 unspecified atom stereocenters. The highest BCUT2D eigenvalue weighted by Gasteiger charge is 2.43. The van der Waals surface area contributed by atoms with Crippen LogP contribution < -0.4 is 5.73 Å². The van der Waals surface area contributed by atoms with Crippen LogP contribution in [0.25, 0.3) is 0 Å². The van der Waals surface area contributed by atoms with Crippen LogP contribution in [0.4, 0.5) is 13.2 Å². The molecule has 2 rings (SSSR count). The van der Waals surface area contributed by atoms with Gasteiger partial charge in [-0.25, -0.2) is 0 Å². The van der Waals surface area contributed by atoms with E-state index in [2.05, 4.69) is 5.10 Å². The van der Waals surface area contributed by atoms with Gasteiger partial charge in [-0.15, -0.1) is 0 Å². The summed E-state index contributed by atoms with van der Waals surface area (Å²) in [6.45, 7) is 3.27. The Kier molecular flexibility index (Phi) is 2.89. The Labute approximate surface area is 108 Å². The third kappa shape index (κ3) is 2.32. The Hall–Kier alpha value is -1.57. The van der Waals surface area contributed by atoms with E-state index >= 15 is 0 Å². The number of hydrogen-bond donors (Lipinski definition) is 1. The van der Waals surface area contributed by atoms with Gasteiger partial charge in [0, 0.05) is 12.6 Å². The fourth-order valence-electron chi connectivity index (χ4n) is 2.18. The molecule has 0 radical (unpaired) electrons. The molecule has 0 spiro atoms. The van der Waals surface area contributed by atoms with E-state index in [0.29, 0.717) is 5.69 Å². The molecule has 1 aliphatic rings. The van der Waals surface area contributed by atoms with Crippen LogP contribution in [0, 0.1) is 0 Å². The molecule has 1 aliphatic heterocycles. The predicted octanol–water partition coefficient (Wildman–Crippen LogP) is 1.15. The average Bonchev–Trinajstić information content (AvgIpc) is 2.59. The van der Waals surface area contributed by atoms with E-state index in [4.69, 9.17) is 5.73 Å². The molecule has 0 aromatic carbocycles. The van der Waals surface area contributed by atoms with E-state index in [1.54, 1.807) is 13.8 Å². The van der Waals surface area contributed by atoms with Crippen LogP contribution in [0.5, 0.6) is 0 Å². The molecule has 0 bridgehead atoms. The summed E-state index contributed by atoms with van der Waals surface area (Å²) in [5.74, 6) is -0.336.